The molecule has 4 heteroatoms. The van der Waals surface area contributed by atoms with Crippen LogP contribution in [0.2, 0.25) is 0 Å². The van der Waals surface area contributed by atoms with Crippen molar-refractivity contribution in [2.24, 2.45) is 5.16 Å². The van der Waals surface area contributed by atoms with Gasteiger partial charge in [0.2, 0.25) is 0 Å². The lowest BCUT2D eigenvalue weighted by Gasteiger charge is -2.09. The molecule has 0 unspecified atom stereocenters. The summed E-state index contributed by atoms with van der Waals surface area (Å²) in [4.78, 5) is 5.40. The first kappa shape index (κ1) is 13.8. The van der Waals surface area contributed by atoms with Gasteiger partial charge in [-0.25, -0.2) is 4.39 Å². The van der Waals surface area contributed by atoms with E-state index in [0.29, 0.717) is 6.42 Å². The summed E-state index contributed by atoms with van der Waals surface area (Å²) in [6, 6.07) is 16.7. The maximum absolute atomic E-state index is 13.2. The van der Waals surface area contributed by atoms with Crippen molar-refractivity contribution in [3.8, 4) is 0 Å². The predicted molar refractivity (Wildman–Crippen MR) is 80.6 cm³/mol. The summed E-state index contributed by atoms with van der Waals surface area (Å²) in [5.41, 5.74) is 2.84. The Morgan fingerprint density at radius 3 is 2.81 bits per heavy atom. The lowest BCUT2D eigenvalue weighted by Crippen LogP contribution is -2.26. The molecule has 0 aromatic heterocycles. The molecule has 0 aliphatic carbocycles. The number of nitrogens with one attached hydrogen (secondary N) is 1. The monoisotopic (exact) mass is 284 g/mol. The van der Waals surface area contributed by atoms with Gasteiger partial charge in [0.1, 0.15) is 11.9 Å². The highest BCUT2D eigenvalue weighted by atomic mass is 19.1. The van der Waals surface area contributed by atoms with E-state index in [0.717, 1.165) is 24.4 Å². The minimum absolute atomic E-state index is 0.00646. The molecule has 0 amide bonds. The summed E-state index contributed by atoms with van der Waals surface area (Å²) in [7, 11) is 0. The third-order valence-electron chi connectivity index (χ3n) is 3.43. The van der Waals surface area contributed by atoms with Crippen molar-refractivity contribution in [1.82, 2.24) is 5.32 Å². The Morgan fingerprint density at radius 2 is 2.00 bits per heavy atom. The zero-order chi connectivity index (χ0) is 14.5. The number of rotatable bonds is 5. The van der Waals surface area contributed by atoms with Crippen LogP contribution in [0.1, 0.15) is 17.5 Å². The second-order valence-electron chi connectivity index (χ2n) is 5.10. The van der Waals surface area contributed by atoms with E-state index >= 15 is 0 Å². The SMILES string of the molecule is Fc1cccc(C2=NO[C@@H](CNCc3ccccc3)C2)c1. The molecule has 0 radical (unpaired) electrons. The van der Waals surface area contributed by atoms with E-state index in [1.165, 1.54) is 17.7 Å². The summed E-state index contributed by atoms with van der Waals surface area (Å²) < 4.78 is 13.2. The Kier molecular flexibility index (Phi) is 4.26. The molecule has 1 aliphatic heterocycles. The molecular weight excluding hydrogens is 267 g/mol. The number of hydrogen-bond acceptors (Lipinski definition) is 3. The van der Waals surface area contributed by atoms with Gasteiger partial charge in [-0.1, -0.05) is 47.6 Å². The van der Waals surface area contributed by atoms with Gasteiger partial charge in [0, 0.05) is 25.1 Å². The molecule has 2 aromatic carbocycles. The Morgan fingerprint density at radius 1 is 1.14 bits per heavy atom. The normalized spacial score (nSPS) is 17.4. The number of benzene rings is 2. The molecule has 2 aromatic rings. The number of hydrogen-bond donors (Lipinski definition) is 1. The lowest BCUT2D eigenvalue weighted by molar-refractivity contribution is 0.0848. The Labute approximate surface area is 123 Å². The van der Waals surface area contributed by atoms with Crippen LogP contribution in [-0.2, 0) is 11.4 Å². The smallest absolute Gasteiger partial charge is 0.145 e. The molecule has 0 fully saturated rings. The maximum atomic E-state index is 13.2. The van der Waals surface area contributed by atoms with Gasteiger partial charge in [-0.2, -0.15) is 0 Å². The van der Waals surface area contributed by atoms with Crippen LogP contribution in [0.4, 0.5) is 4.39 Å². The number of halogens is 1. The molecule has 0 saturated heterocycles. The van der Waals surface area contributed by atoms with Crippen molar-refractivity contribution in [1.29, 1.82) is 0 Å². The van der Waals surface area contributed by atoms with Crippen LogP contribution < -0.4 is 5.32 Å². The van der Waals surface area contributed by atoms with Gasteiger partial charge < -0.3 is 10.2 Å². The molecule has 1 heterocycles. The van der Waals surface area contributed by atoms with Crippen molar-refractivity contribution >= 4 is 5.71 Å². The molecular formula is C17H17FN2O. The van der Waals surface area contributed by atoms with E-state index in [2.05, 4.69) is 22.6 Å². The van der Waals surface area contributed by atoms with Crippen LogP contribution in [0.3, 0.4) is 0 Å². The van der Waals surface area contributed by atoms with Crippen molar-refractivity contribution < 1.29 is 9.23 Å². The molecule has 0 saturated carbocycles. The Bertz CT molecular complexity index is 628. The summed E-state index contributed by atoms with van der Waals surface area (Å²) in [5.74, 6) is -0.249. The van der Waals surface area contributed by atoms with Crippen LogP contribution >= 0.6 is 0 Å². The number of nitrogens with zero attached hydrogens (tertiary/aromatic N) is 1. The van der Waals surface area contributed by atoms with E-state index < -0.39 is 0 Å². The van der Waals surface area contributed by atoms with Gasteiger partial charge in [0.05, 0.1) is 5.71 Å². The van der Waals surface area contributed by atoms with E-state index in [4.69, 9.17) is 4.84 Å². The average Bonchev–Trinajstić information content (AvgIpc) is 2.97. The molecule has 0 spiro atoms. The molecule has 1 atom stereocenters. The van der Waals surface area contributed by atoms with Crippen LogP contribution in [0.15, 0.2) is 59.8 Å². The highest BCUT2D eigenvalue weighted by molar-refractivity contribution is 6.01. The topological polar surface area (TPSA) is 33.6 Å². The summed E-state index contributed by atoms with van der Waals surface area (Å²) >= 11 is 0. The number of oxime groups is 1. The first-order valence-electron chi connectivity index (χ1n) is 7.04. The maximum Gasteiger partial charge on any atom is 0.145 e. The van der Waals surface area contributed by atoms with Gasteiger partial charge in [0.15, 0.2) is 0 Å². The van der Waals surface area contributed by atoms with Crippen molar-refractivity contribution in [3.05, 3.63) is 71.5 Å². The second kappa shape index (κ2) is 6.50. The first-order valence-corrected chi connectivity index (χ1v) is 7.04. The van der Waals surface area contributed by atoms with E-state index in [-0.39, 0.29) is 11.9 Å². The van der Waals surface area contributed by atoms with E-state index in [9.17, 15) is 4.39 Å². The minimum atomic E-state index is -0.249. The van der Waals surface area contributed by atoms with Gasteiger partial charge in [-0.3, -0.25) is 0 Å². The molecule has 3 rings (SSSR count). The lowest BCUT2D eigenvalue weighted by atomic mass is 10.0. The Hall–Kier alpha value is -2.20. The first-order chi connectivity index (χ1) is 10.3. The zero-order valence-electron chi connectivity index (χ0n) is 11.6. The van der Waals surface area contributed by atoms with Crippen LogP contribution in [0.5, 0.6) is 0 Å². The quantitative estimate of drug-likeness (QED) is 0.915. The van der Waals surface area contributed by atoms with Gasteiger partial charge in [-0.15, -0.1) is 0 Å². The van der Waals surface area contributed by atoms with Crippen LogP contribution in [0.25, 0.3) is 0 Å². The van der Waals surface area contributed by atoms with Crippen molar-refractivity contribution in [2.75, 3.05) is 6.54 Å². The van der Waals surface area contributed by atoms with Crippen LogP contribution in [-0.4, -0.2) is 18.4 Å². The highest BCUT2D eigenvalue weighted by Gasteiger charge is 2.21. The second-order valence-corrected chi connectivity index (χ2v) is 5.10. The fourth-order valence-corrected chi connectivity index (χ4v) is 2.35. The van der Waals surface area contributed by atoms with Gasteiger partial charge in [-0.05, 0) is 17.7 Å². The highest BCUT2D eigenvalue weighted by Crippen LogP contribution is 2.17. The summed E-state index contributed by atoms with van der Waals surface area (Å²) in [5, 5.41) is 7.42. The fraction of sp³-hybridized carbons (Fsp3) is 0.235. The standard InChI is InChI=1S/C17H17FN2O/c18-15-8-4-7-14(9-15)17-10-16(21-20-17)12-19-11-13-5-2-1-3-6-13/h1-9,16,19H,10-12H2/t16-/m1/s1. The third kappa shape index (κ3) is 3.67. The predicted octanol–water partition coefficient (Wildman–Crippen LogP) is 3.11. The van der Waals surface area contributed by atoms with Crippen LogP contribution in [0, 0.1) is 5.82 Å². The summed E-state index contributed by atoms with van der Waals surface area (Å²) in [6.45, 7) is 1.52. The molecule has 0 bridgehead atoms. The van der Waals surface area contributed by atoms with Gasteiger partial charge >= 0.3 is 0 Å². The van der Waals surface area contributed by atoms with Crippen molar-refractivity contribution in [3.63, 3.8) is 0 Å². The Balaban J connectivity index is 1.48. The zero-order valence-corrected chi connectivity index (χ0v) is 11.6. The summed E-state index contributed by atoms with van der Waals surface area (Å²) in [6.07, 6.45) is 0.706. The molecule has 1 aliphatic rings. The average molecular weight is 284 g/mol. The minimum Gasteiger partial charge on any atom is -0.390 e. The van der Waals surface area contributed by atoms with E-state index in [1.54, 1.807) is 6.07 Å². The molecule has 3 nitrogen and oxygen atoms in total. The molecule has 108 valence electrons. The van der Waals surface area contributed by atoms with E-state index in [1.807, 2.05) is 24.3 Å². The molecule has 1 N–H and O–H groups in total. The third-order valence-corrected chi connectivity index (χ3v) is 3.43. The fourth-order valence-electron chi connectivity index (χ4n) is 2.35. The van der Waals surface area contributed by atoms with Crippen molar-refractivity contribution in [2.45, 2.75) is 19.1 Å². The molecule has 21 heavy (non-hydrogen) atoms. The van der Waals surface area contributed by atoms with Gasteiger partial charge in [0.25, 0.3) is 0 Å². The largest absolute Gasteiger partial charge is 0.390 e.